The van der Waals surface area contributed by atoms with Gasteiger partial charge in [-0.25, -0.2) is 4.99 Å². The van der Waals surface area contributed by atoms with Gasteiger partial charge in [-0.1, -0.05) is 24.3 Å². The summed E-state index contributed by atoms with van der Waals surface area (Å²) in [4.78, 5) is 18.7. The molecule has 5 nitrogen and oxygen atoms in total. The van der Waals surface area contributed by atoms with Crippen molar-refractivity contribution < 1.29 is 4.79 Å². The van der Waals surface area contributed by atoms with E-state index in [1.807, 2.05) is 24.4 Å². The Morgan fingerprint density at radius 3 is 2.69 bits per heavy atom. The molecule has 0 bridgehead atoms. The van der Waals surface area contributed by atoms with E-state index in [4.69, 9.17) is 0 Å². The third-order valence-electron chi connectivity index (χ3n) is 4.93. The summed E-state index contributed by atoms with van der Waals surface area (Å²) in [5.74, 6) is 0.872. The number of carbonyl (C=O) groups excluding carboxylic acids is 1. The molecule has 5 rings (SSSR count). The lowest BCUT2D eigenvalue weighted by atomic mass is 10.1. The van der Waals surface area contributed by atoms with Crippen LogP contribution in [0.3, 0.4) is 0 Å². The van der Waals surface area contributed by atoms with E-state index in [1.54, 1.807) is 6.08 Å². The lowest BCUT2D eigenvalue weighted by Gasteiger charge is -2.27. The number of nitrogens with one attached hydrogen (secondary N) is 1. The van der Waals surface area contributed by atoms with Gasteiger partial charge < -0.3 is 14.8 Å². The zero-order chi connectivity index (χ0) is 17.5. The fraction of sp³-hybridized carbons (Fsp3) is 0.143. The van der Waals surface area contributed by atoms with Gasteiger partial charge in [0.15, 0.2) is 0 Å². The summed E-state index contributed by atoms with van der Waals surface area (Å²) in [6.45, 7) is 1.69. The quantitative estimate of drug-likeness (QED) is 0.932. The minimum absolute atomic E-state index is 0.0689. The van der Waals surface area contributed by atoms with E-state index in [1.165, 1.54) is 5.56 Å². The van der Waals surface area contributed by atoms with Crippen molar-refractivity contribution in [3.05, 3.63) is 95.2 Å². The smallest absolute Gasteiger partial charge is 0.248 e. The number of aromatic nitrogens is 1. The number of hydrogen-bond acceptors (Lipinski definition) is 3. The number of amides is 1. The summed E-state index contributed by atoms with van der Waals surface area (Å²) in [5, 5.41) is 2.99. The normalized spacial score (nSPS) is 18.3. The number of benzene rings is 1. The first-order valence-corrected chi connectivity index (χ1v) is 8.76. The molecule has 0 atom stereocenters. The average molecular weight is 342 g/mol. The maximum absolute atomic E-state index is 11.8. The van der Waals surface area contributed by atoms with E-state index in [0.29, 0.717) is 0 Å². The van der Waals surface area contributed by atoms with Crippen molar-refractivity contribution in [1.82, 2.24) is 14.8 Å². The first-order chi connectivity index (χ1) is 12.8. The summed E-state index contributed by atoms with van der Waals surface area (Å²) >= 11 is 0. The number of aliphatic imine (C=N–C) groups is 1. The standard InChI is InChI=1S/C21H18N4O/c26-19-8-7-17-13-22-21(25-12-9-18(23-19)20(17)25)16-5-3-15(4-6-16)14-24-10-1-2-11-24/h1-8,10-11,13H,9,12,14H2,(H,23,26). The highest BCUT2D eigenvalue weighted by Crippen LogP contribution is 2.34. The van der Waals surface area contributed by atoms with Crippen LogP contribution in [0, 0.1) is 0 Å². The van der Waals surface area contributed by atoms with Gasteiger partial charge in [0.2, 0.25) is 5.91 Å². The minimum Gasteiger partial charge on any atom is -0.350 e. The highest BCUT2D eigenvalue weighted by Gasteiger charge is 2.32. The number of hydrogen-bond donors (Lipinski definition) is 1. The Morgan fingerprint density at radius 2 is 1.88 bits per heavy atom. The number of rotatable bonds is 3. The number of nitrogens with zero attached hydrogens (tertiary/aromatic N) is 3. The van der Waals surface area contributed by atoms with Crippen LogP contribution in [0.25, 0.3) is 0 Å². The summed E-state index contributed by atoms with van der Waals surface area (Å²) < 4.78 is 2.15. The van der Waals surface area contributed by atoms with Crippen LogP contribution < -0.4 is 5.32 Å². The molecule has 0 fully saturated rings. The largest absolute Gasteiger partial charge is 0.350 e. The van der Waals surface area contributed by atoms with Gasteiger partial charge in [-0.05, 0) is 23.8 Å². The highest BCUT2D eigenvalue weighted by molar-refractivity contribution is 6.02. The molecular formula is C21H18N4O. The number of amidine groups is 1. The lowest BCUT2D eigenvalue weighted by Crippen LogP contribution is -2.31. The summed E-state index contributed by atoms with van der Waals surface area (Å²) in [7, 11) is 0. The Balaban J connectivity index is 1.46. The van der Waals surface area contributed by atoms with E-state index in [-0.39, 0.29) is 5.91 Å². The van der Waals surface area contributed by atoms with Crippen LogP contribution in [0.15, 0.2) is 89.1 Å². The minimum atomic E-state index is -0.0689. The van der Waals surface area contributed by atoms with E-state index >= 15 is 0 Å². The molecule has 3 aliphatic heterocycles. The Hall–Kier alpha value is -3.34. The van der Waals surface area contributed by atoms with Gasteiger partial charge >= 0.3 is 0 Å². The van der Waals surface area contributed by atoms with Crippen LogP contribution >= 0.6 is 0 Å². The molecule has 4 heterocycles. The van der Waals surface area contributed by atoms with Gasteiger partial charge in [-0.3, -0.25) is 4.79 Å². The Bertz CT molecular complexity index is 991. The van der Waals surface area contributed by atoms with Crippen LogP contribution in [0.4, 0.5) is 0 Å². The highest BCUT2D eigenvalue weighted by atomic mass is 16.1. The van der Waals surface area contributed by atoms with Crippen molar-refractivity contribution in [2.45, 2.75) is 13.0 Å². The molecule has 0 spiro atoms. The molecule has 1 N–H and O–H groups in total. The van der Waals surface area contributed by atoms with Gasteiger partial charge in [-0.2, -0.15) is 0 Å². The molecule has 128 valence electrons. The third kappa shape index (κ3) is 2.49. The molecule has 1 aromatic carbocycles. The molecule has 0 aliphatic carbocycles. The maximum Gasteiger partial charge on any atom is 0.248 e. The third-order valence-corrected chi connectivity index (χ3v) is 4.93. The second-order valence-electron chi connectivity index (χ2n) is 6.64. The molecule has 0 saturated heterocycles. The van der Waals surface area contributed by atoms with Crippen molar-refractivity contribution in [2.24, 2.45) is 4.99 Å². The monoisotopic (exact) mass is 342 g/mol. The number of carbonyl (C=O) groups is 1. The first-order valence-electron chi connectivity index (χ1n) is 8.76. The van der Waals surface area contributed by atoms with Crippen LogP contribution in [-0.4, -0.2) is 27.8 Å². The van der Waals surface area contributed by atoms with Crippen molar-refractivity contribution in [2.75, 3.05) is 6.54 Å². The molecular weight excluding hydrogens is 324 g/mol. The lowest BCUT2D eigenvalue weighted by molar-refractivity contribution is -0.115. The molecule has 1 aromatic heterocycles. The molecule has 1 amide bonds. The maximum atomic E-state index is 11.8. The Labute approximate surface area is 151 Å². The summed E-state index contributed by atoms with van der Waals surface area (Å²) in [6.07, 6.45) is 10.2. The Morgan fingerprint density at radius 1 is 1.08 bits per heavy atom. The predicted molar refractivity (Wildman–Crippen MR) is 100 cm³/mol. The van der Waals surface area contributed by atoms with Crippen LogP contribution in [-0.2, 0) is 11.3 Å². The van der Waals surface area contributed by atoms with Crippen molar-refractivity contribution in [3.8, 4) is 0 Å². The van der Waals surface area contributed by atoms with Gasteiger partial charge in [0.05, 0.1) is 5.70 Å². The average Bonchev–Trinajstić information content (AvgIpc) is 3.28. The van der Waals surface area contributed by atoms with E-state index < -0.39 is 0 Å². The molecule has 0 unspecified atom stereocenters. The first kappa shape index (κ1) is 15.0. The molecule has 3 aliphatic rings. The fourth-order valence-corrected chi connectivity index (χ4v) is 3.70. The van der Waals surface area contributed by atoms with E-state index in [0.717, 1.165) is 47.9 Å². The zero-order valence-electron chi connectivity index (χ0n) is 14.2. The SMILES string of the molecule is O=C1C=CC2=CN=C(c3ccc(Cn4cccc4)cc3)N3CCC(=C23)N1. The second-order valence-corrected chi connectivity index (χ2v) is 6.64. The molecule has 0 saturated carbocycles. The second kappa shape index (κ2) is 5.88. The van der Waals surface area contributed by atoms with Crippen LogP contribution in [0.2, 0.25) is 0 Å². The van der Waals surface area contributed by atoms with Crippen LogP contribution in [0.1, 0.15) is 17.5 Å². The fourth-order valence-electron chi connectivity index (χ4n) is 3.70. The van der Waals surface area contributed by atoms with Crippen LogP contribution in [0.5, 0.6) is 0 Å². The van der Waals surface area contributed by atoms with Gasteiger partial charge in [0.25, 0.3) is 0 Å². The van der Waals surface area contributed by atoms with E-state index in [2.05, 4.69) is 56.4 Å². The molecule has 5 heteroatoms. The van der Waals surface area contributed by atoms with Crippen molar-refractivity contribution >= 4 is 11.7 Å². The molecule has 2 aromatic rings. The van der Waals surface area contributed by atoms with Crippen molar-refractivity contribution in [1.29, 1.82) is 0 Å². The zero-order valence-corrected chi connectivity index (χ0v) is 14.2. The van der Waals surface area contributed by atoms with E-state index in [9.17, 15) is 4.79 Å². The van der Waals surface area contributed by atoms with Gasteiger partial charge in [0, 0.05) is 61.0 Å². The van der Waals surface area contributed by atoms with Gasteiger partial charge in [0.1, 0.15) is 5.84 Å². The number of allylic oxidation sites excluding steroid dienone is 1. The molecule has 26 heavy (non-hydrogen) atoms. The Kier molecular flexibility index (Phi) is 3.38. The topological polar surface area (TPSA) is 49.6 Å². The molecule has 0 radical (unpaired) electrons. The van der Waals surface area contributed by atoms with Crippen molar-refractivity contribution in [3.63, 3.8) is 0 Å². The predicted octanol–water partition coefficient (Wildman–Crippen LogP) is 2.78. The van der Waals surface area contributed by atoms with Gasteiger partial charge in [-0.15, -0.1) is 0 Å². The summed E-state index contributed by atoms with van der Waals surface area (Å²) in [5.41, 5.74) is 5.40. The summed E-state index contributed by atoms with van der Waals surface area (Å²) in [6, 6.07) is 12.6.